The summed E-state index contributed by atoms with van der Waals surface area (Å²) in [7, 11) is 0. The lowest BCUT2D eigenvalue weighted by Gasteiger charge is -2.37. The van der Waals surface area contributed by atoms with E-state index in [1.54, 1.807) is 0 Å². The molecule has 0 spiro atoms. The molecule has 0 bridgehead atoms. The first kappa shape index (κ1) is 16.0. The van der Waals surface area contributed by atoms with E-state index in [4.69, 9.17) is 5.73 Å². The van der Waals surface area contributed by atoms with E-state index in [0.29, 0.717) is 12.5 Å². The highest BCUT2D eigenvalue weighted by Crippen LogP contribution is 2.42. The van der Waals surface area contributed by atoms with Crippen LogP contribution in [0.5, 0.6) is 0 Å². The Kier molecular flexibility index (Phi) is 4.72. The molecule has 0 saturated heterocycles. The van der Waals surface area contributed by atoms with Crippen molar-refractivity contribution in [2.75, 3.05) is 6.54 Å². The zero-order valence-electron chi connectivity index (χ0n) is 13.6. The molecule has 0 heterocycles. The molecule has 0 radical (unpaired) electrons. The number of benzene rings is 1. The second-order valence-corrected chi connectivity index (χ2v) is 7.22. The van der Waals surface area contributed by atoms with Crippen molar-refractivity contribution in [1.82, 2.24) is 5.32 Å². The first-order valence-corrected chi connectivity index (χ1v) is 7.95. The molecule has 0 aliphatic heterocycles. The van der Waals surface area contributed by atoms with Crippen LogP contribution in [-0.4, -0.2) is 18.5 Å². The molecule has 1 amide bonds. The number of carbonyl (C=O) groups excluding carboxylic acids is 1. The van der Waals surface area contributed by atoms with Crippen LogP contribution >= 0.6 is 0 Å². The third-order valence-electron chi connectivity index (χ3n) is 4.79. The maximum Gasteiger partial charge on any atom is 0.237 e. The highest BCUT2D eigenvalue weighted by molar-refractivity contribution is 5.81. The summed E-state index contributed by atoms with van der Waals surface area (Å²) < 4.78 is 0. The van der Waals surface area contributed by atoms with E-state index in [9.17, 15) is 4.79 Å². The van der Waals surface area contributed by atoms with Crippen LogP contribution in [0.3, 0.4) is 0 Å². The van der Waals surface area contributed by atoms with E-state index in [1.165, 1.54) is 11.1 Å². The van der Waals surface area contributed by atoms with Crippen molar-refractivity contribution in [1.29, 1.82) is 0 Å². The molecule has 3 nitrogen and oxygen atoms in total. The van der Waals surface area contributed by atoms with Gasteiger partial charge in [0.15, 0.2) is 0 Å². The minimum atomic E-state index is -0.416. The molecule has 2 rings (SSSR count). The Morgan fingerprint density at radius 2 is 2.05 bits per heavy atom. The summed E-state index contributed by atoms with van der Waals surface area (Å²) in [5, 5.41) is 3.04. The minimum absolute atomic E-state index is 0.0349. The van der Waals surface area contributed by atoms with Gasteiger partial charge in [-0.2, -0.15) is 0 Å². The van der Waals surface area contributed by atoms with Crippen LogP contribution in [0.2, 0.25) is 0 Å². The summed E-state index contributed by atoms with van der Waals surface area (Å²) in [5.74, 6) is 0.535. The fraction of sp³-hybridized carbons (Fsp3) is 0.611. The van der Waals surface area contributed by atoms with Crippen molar-refractivity contribution in [3.05, 3.63) is 35.4 Å². The van der Waals surface area contributed by atoms with E-state index in [1.807, 2.05) is 13.8 Å². The fourth-order valence-corrected chi connectivity index (χ4v) is 3.15. The number of amides is 1. The quantitative estimate of drug-likeness (QED) is 0.895. The average Bonchev–Trinajstić information content (AvgIpc) is 2.45. The summed E-state index contributed by atoms with van der Waals surface area (Å²) in [4.78, 5) is 12.0. The van der Waals surface area contributed by atoms with Crippen molar-refractivity contribution in [2.24, 2.45) is 11.7 Å². The third kappa shape index (κ3) is 3.46. The van der Waals surface area contributed by atoms with Crippen molar-refractivity contribution in [3.63, 3.8) is 0 Å². The molecule has 3 N–H and O–H groups in total. The van der Waals surface area contributed by atoms with E-state index in [2.05, 4.69) is 43.4 Å². The lowest BCUT2D eigenvalue weighted by atomic mass is 9.69. The van der Waals surface area contributed by atoms with Gasteiger partial charge < -0.3 is 11.1 Å². The molecule has 21 heavy (non-hydrogen) atoms. The third-order valence-corrected chi connectivity index (χ3v) is 4.79. The van der Waals surface area contributed by atoms with Crippen molar-refractivity contribution < 1.29 is 4.79 Å². The van der Waals surface area contributed by atoms with Crippen LogP contribution in [0, 0.1) is 5.92 Å². The molecule has 1 aliphatic carbocycles. The van der Waals surface area contributed by atoms with Crippen LogP contribution in [-0.2, 0) is 10.2 Å². The van der Waals surface area contributed by atoms with Gasteiger partial charge in [0.1, 0.15) is 0 Å². The van der Waals surface area contributed by atoms with Gasteiger partial charge in [-0.3, -0.25) is 4.79 Å². The van der Waals surface area contributed by atoms with Crippen molar-refractivity contribution in [3.8, 4) is 0 Å². The molecule has 0 aromatic heterocycles. The predicted octanol–water partition coefficient (Wildman–Crippen LogP) is 2.94. The van der Waals surface area contributed by atoms with E-state index >= 15 is 0 Å². The molecule has 0 fully saturated rings. The molecule has 0 saturated carbocycles. The molecule has 1 aliphatic rings. The van der Waals surface area contributed by atoms with Gasteiger partial charge in [0.05, 0.1) is 6.04 Å². The van der Waals surface area contributed by atoms with Gasteiger partial charge in [-0.05, 0) is 35.3 Å². The largest absolute Gasteiger partial charge is 0.354 e. The Labute approximate surface area is 128 Å². The summed E-state index contributed by atoms with van der Waals surface area (Å²) >= 11 is 0. The number of fused-ring (bicyclic) bond motifs is 1. The van der Waals surface area contributed by atoms with Crippen LogP contribution in [0.1, 0.15) is 57.6 Å². The van der Waals surface area contributed by atoms with E-state index in [0.717, 1.165) is 12.8 Å². The van der Waals surface area contributed by atoms with Gasteiger partial charge in [0.25, 0.3) is 0 Å². The summed E-state index contributed by atoms with van der Waals surface area (Å²) in [5.41, 5.74) is 8.93. The van der Waals surface area contributed by atoms with Crippen LogP contribution < -0.4 is 11.1 Å². The first-order chi connectivity index (χ1) is 9.83. The van der Waals surface area contributed by atoms with Crippen molar-refractivity contribution in [2.45, 2.75) is 57.9 Å². The highest BCUT2D eigenvalue weighted by atomic mass is 16.2. The second kappa shape index (κ2) is 6.18. The SMILES string of the molecule is CC(C)[C@H](N)C(=O)NCC1CCC(C)(C)c2ccccc21. The van der Waals surface area contributed by atoms with Gasteiger partial charge in [0, 0.05) is 12.5 Å². The monoisotopic (exact) mass is 288 g/mol. The summed E-state index contributed by atoms with van der Waals surface area (Å²) in [6.45, 7) is 9.24. The summed E-state index contributed by atoms with van der Waals surface area (Å²) in [6, 6.07) is 8.21. The van der Waals surface area contributed by atoms with Gasteiger partial charge in [-0.1, -0.05) is 52.0 Å². The highest BCUT2D eigenvalue weighted by Gasteiger charge is 2.32. The Morgan fingerprint density at radius 1 is 1.38 bits per heavy atom. The zero-order chi connectivity index (χ0) is 15.6. The standard InChI is InChI=1S/C18H28N2O/c1-12(2)16(19)17(21)20-11-13-9-10-18(3,4)15-8-6-5-7-14(13)15/h5-8,12-13,16H,9-11,19H2,1-4H3,(H,20,21)/t13?,16-/m0/s1. The fourth-order valence-electron chi connectivity index (χ4n) is 3.15. The lowest BCUT2D eigenvalue weighted by molar-refractivity contribution is -0.123. The first-order valence-electron chi connectivity index (χ1n) is 7.95. The van der Waals surface area contributed by atoms with E-state index < -0.39 is 6.04 Å². The normalized spacial score (nSPS) is 21.7. The molecule has 1 aromatic rings. The van der Waals surface area contributed by atoms with Gasteiger partial charge in [-0.25, -0.2) is 0 Å². The molecule has 1 unspecified atom stereocenters. The van der Waals surface area contributed by atoms with Gasteiger partial charge in [-0.15, -0.1) is 0 Å². The van der Waals surface area contributed by atoms with Crippen LogP contribution in [0.15, 0.2) is 24.3 Å². The predicted molar refractivity (Wildman–Crippen MR) is 87.3 cm³/mol. The maximum atomic E-state index is 12.0. The Balaban J connectivity index is 2.08. The van der Waals surface area contributed by atoms with Crippen molar-refractivity contribution >= 4 is 5.91 Å². The average molecular weight is 288 g/mol. The molecule has 3 heteroatoms. The number of rotatable bonds is 4. The molecule has 1 aromatic carbocycles. The number of carbonyl (C=O) groups is 1. The zero-order valence-corrected chi connectivity index (χ0v) is 13.6. The number of hydrogen-bond acceptors (Lipinski definition) is 2. The van der Waals surface area contributed by atoms with Crippen LogP contribution in [0.25, 0.3) is 0 Å². The maximum absolute atomic E-state index is 12.0. The van der Waals surface area contributed by atoms with Gasteiger partial charge in [0.2, 0.25) is 5.91 Å². The summed E-state index contributed by atoms with van der Waals surface area (Å²) in [6.07, 6.45) is 2.27. The Morgan fingerprint density at radius 3 is 2.71 bits per heavy atom. The topological polar surface area (TPSA) is 55.1 Å². The number of nitrogens with one attached hydrogen (secondary N) is 1. The molecule has 2 atom stereocenters. The van der Waals surface area contributed by atoms with Gasteiger partial charge >= 0.3 is 0 Å². The number of hydrogen-bond donors (Lipinski definition) is 2. The van der Waals surface area contributed by atoms with E-state index in [-0.39, 0.29) is 17.2 Å². The second-order valence-electron chi connectivity index (χ2n) is 7.22. The molecular formula is C18H28N2O. The Bertz CT molecular complexity index is 508. The van der Waals surface area contributed by atoms with Crippen LogP contribution in [0.4, 0.5) is 0 Å². The number of nitrogens with two attached hydrogens (primary N) is 1. The smallest absolute Gasteiger partial charge is 0.237 e. The lowest BCUT2D eigenvalue weighted by Crippen LogP contribution is -2.45. The minimum Gasteiger partial charge on any atom is -0.354 e. The molecular weight excluding hydrogens is 260 g/mol. The molecule has 116 valence electrons. The Hall–Kier alpha value is -1.35.